The Bertz CT molecular complexity index is 375. The fraction of sp³-hybridized carbons (Fsp3) is 0.500. The maximum absolute atomic E-state index is 11.3. The van der Waals surface area contributed by atoms with Crippen LogP contribution in [0.2, 0.25) is 0 Å². The number of esters is 1. The van der Waals surface area contributed by atoms with Gasteiger partial charge in [0.15, 0.2) is 0 Å². The van der Waals surface area contributed by atoms with E-state index < -0.39 is 0 Å². The number of hydrogen-bond acceptors (Lipinski definition) is 4. The van der Waals surface area contributed by atoms with Crippen LogP contribution in [-0.4, -0.2) is 25.7 Å². The highest BCUT2D eigenvalue weighted by atomic mass is 16.5. The van der Waals surface area contributed by atoms with E-state index in [9.17, 15) is 4.79 Å². The zero-order chi connectivity index (χ0) is 13.5. The lowest BCUT2D eigenvalue weighted by molar-refractivity contribution is -0.142. The van der Waals surface area contributed by atoms with E-state index in [1.807, 2.05) is 38.1 Å². The summed E-state index contributed by atoms with van der Waals surface area (Å²) in [6.45, 7) is 6.41. The van der Waals surface area contributed by atoms with Crippen molar-refractivity contribution in [1.82, 2.24) is 5.32 Å². The molecule has 1 N–H and O–H groups in total. The predicted molar refractivity (Wildman–Crippen MR) is 70.6 cm³/mol. The highest BCUT2D eigenvalue weighted by Crippen LogP contribution is 2.18. The van der Waals surface area contributed by atoms with Crippen LogP contribution in [0.3, 0.4) is 0 Å². The second kappa shape index (κ2) is 7.01. The fourth-order valence-electron chi connectivity index (χ4n) is 1.74. The van der Waals surface area contributed by atoms with Gasteiger partial charge in [-0.3, -0.25) is 10.1 Å². The van der Waals surface area contributed by atoms with E-state index in [4.69, 9.17) is 4.74 Å². The SMILES string of the molecule is CCOc1ccc(C(C)NC(C)C(=O)OC)cc1. The van der Waals surface area contributed by atoms with E-state index in [1.54, 1.807) is 6.92 Å². The van der Waals surface area contributed by atoms with E-state index in [-0.39, 0.29) is 18.1 Å². The summed E-state index contributed by atoms with van der Waals surface area (Å²) in [7, 11) is 1.39. The van der Waals surface area contributed by atoms with Crippen molar-refractivity contribution in [3.8, 4) is 5.75 Å². The summed E-state index contributed by atoms with van der Waals surface area (Å²) in [6, 6.07) is 7.60. The summed E-state index contributed by atoms with van der Waals surface area (Å²) in [6.07, 6.45) is 0. The molecular formula is C14H21NO3. The maximum Gasteiger partial charge on any atom is 0.322 e. The Balaban J connectivity index is 2.61. The minimum atomic E-state index is -0.323. The summed E-state index contributed by atoms with van der Waals surface area (Å²) in [5, 5.41) is 3.18. The van der Waals surface area contributed by atoms with Crippen molar-refractivity contribution in [3.63, 3.8) is 0 Å². The second-order valence-electron chi connectivity index (χ2n) is 4.14. The molecule has 4 nitrogen and oxygen atoms in total. The summed E-state index contributed by atoms with van der Waals surface area (Å²) in [5.74, 6) is 0.599. The van der Waals surface area contributed by atoms with Crippen LogP contribution in [0.25, 0.3) is 0 Å². The van der Waals surface area contributed by atoms with Gasteiger partial charge in [-0.1, -0.05) is 12.1 Å². The van der Waals surface area contributed by atoms with E-state index in [0.29, 0.717) is 6.61 Å². The molecule has 2 unspecified atom stereocenters. The van der Waals surface area contributed by atoms with E-state index in [2.05, 4.69) is 10.1 Å². The average molecular weight is 251 g/mol. The Labute approximate surface area is 108 Å². The Morgan fingerprint density at radius 1 is 1.28 bits per heavy atom. The number of carbonyl (C=O) groups is 1. The number of nitrogens with one attached hydrogen (secondary N) is 1. The van der Waals surface area contributed by atoms with Crippen molar-refractivity contribution in [3.05, 3.63) is 29.8 Å². The first-order valence-electron chi connectivity index (χ1n) is 6.15. The third-order valence-electron chi connectivity index (χ3n) is 2.75. The standard InChI is InChI=1S/C14H21NO3/c1-5-18-13-8-6-12(7-9-13)10(2)15-11(3)14(16)17-4/h6-11,15H,5H2,1-4H3. The molecular weight excluding hydrogens is 230 g/mol. The molecule has 0 saturated heterocycles. The van der Waals surface area contributed by atoms with Crippen molar-refractivity contribution in [2.75, 3.05) is 13.7 Å². The largest absolute Gasteiger partial charge is 0.494 e. The zero-order valence-electron chi connectivity index (χ0n) is 11.4. The molecule has 0 aliphatic heterocycles. The number of ether oxygens (including phenoxy) is 2. The van der Waals surface area contributed by atoms with Gasteiger partial charge in [0.25, 0.3) is 0 Å². The van der Waals surface area contributed by atoms with Crippen LogP contribution in [-0.2, 0) is 9.53 Å². The van der Waals surface area contributed by atoms with Crippen LogP contribution < -0.4 is 10.1 Å². The number of benzene rings is 1. The van der Waals surface area contributed by atoms with Crippen molar-refractivity contribution < 1.29 is 14.3 Å². The summed E-state index contributed by atoms with van der Waals surface area (Å²) < 4.78 is 10.1. The number of rotatable bonds is 6. The zero-order valence-corrected chi connectivity index (χ0v) is 11.4. The van der Waals surface area contributed by atoms with E-state index in [1.165, 1.54) is 7.11 Å². The van der Waals surface area contributed by atoms with Gasteiger partial charge >= 0.3 is 5.97 Å². The number of hydrogen-bond donors (Lipinski definition) is 1. The van der Waals surface area contributed by atoms with Gasteiger partial charge in [0.2, 0.25) is 0 Å². The van der Waals surface area contributed by atoms with Gasteiger partial charge < -0.3 is 9.47 Å². The topological polar surface area (TPSA) is 47.6 Å². The van der Waals surface area contributed by atoms with Crippen molar-refractivity contribution >= 4 is 5.97 Å². The van der Waals surface area contributed by atoms with Crippen LogP contribution in [0.4, 0.5) is 0 Å². The van der Waals surface area contributed by atoms with Gasteiger partial charge in [0.05, 0.1) is 13.7 Å². The van der Waals surface area contributed by atoms with Crippen LogP contribution in [0.1, 0.15) is 32.4 Å². The molecule has 18 heavy (non-hydrogen) atoms. The number of methoxy groups -OCH3 is 1. The molecule has 1 rings (SSSR count). The normalized spacial score (nSPS) is 13.8. The van der Waals surface area contributed by atoms with Crippen LogP contribution in [0.15, 0.2) is 24.3 Å². The van der Waals surface area contributed by atoms with Gasteiger partial charge in [-0.2, -0.15) is 0 Å². The van der Waals surface area contributed by atoms with Crippen LogP contribution >= 0.6 is 0 Å². The molecule has 100 valence electrons. The fourth-order valence-corrected chi connectivity index (χ4v) is 1.74. The van der Waals surface area contributed by atoms with Gasteiger partial charge in [0, 0.05) is 6.04 Å². The minimum Gasteiger partial charge on any atom is -0.494 e. The molecule has 0 saturated carbocycles. The predicted octanol–water partition coefficient (Wildman–Crippen LogP) is 2.30. The molecule has 0 aliphatic carbocycles. The lowest BCUT2D eigenvalue weighted by atomic mass is 10.1. The Morgan fingerprint density at radius 3 is 2.39 bits per heavy atom. The first kappa shape index (κ1) is 14.5. The van der Waals surface area contributed by atoms with Crippen molar-refractivity contribution in [2.45, 2.75) is 32.9 Å². The van der Waals surface area contributed by atoms with Gasteiger partial charge in [0.1, 0.15) is 11.8 Å². The molecule has 0 aliphatic rings. The lowest BCUT2D eigenvalue weighted by Crippen LogP contribution is -2.36. The molecule has 0 aromatic heterocycles. The molecule has 1 aromatic carbocycles. The summed E-state index contributed by atoms with van der Waals surface area (Å²) >= 11 is 0. The molecule has 0 fully saturated rings. The molecule has 0 spiro atoms. The van der Waals surface area contributed by atoms with E-state index in [0.717, 1.165) is 11.3 Å². The quantitative estimate of drug-likeness (QED) is 0.788. The molecule has 0 radical (unpaired) electrons. The van der Waals surface area contributed by atoms with Gasteiger partial charge in [-0.05, 0) is 38.5 Å². The Hall–Kier alpha value is -1.55. The summed E-state index contributed by atoms with van der Waals surface area (Å²) in [5.41, 5.74) is 1.11. The monoisotopic (exact) mass is 251 g/mol. The minimum absolute atomic E-state index is 0.0785. The molecule has 0 heterocycles. The van der Waals surface area contributed by atoms with Crippen LogP contribution in [0.5, 0.6) is 5.75 Å². The Kier molecular flexibility index (Phi) is 5.65. The number of carbonyl (C=O) groups excluding carboxylic acids is 1. The lowest BCUT2D eigenvalue weighted by Gasteiger charge is -2.18. The summed E-state index contributed by atoms with van der Waals surface area (Å²) in [4.78, 5) is 11.3. The highest BCUT2D eigenvalue weighted by Gasteiger charge is 2.16. The third kappa shape index (κ3) is 4.04. The van der Waals surface area contributed by atoms with Crippen molar-refractivity contribution in [2.24, 2.45) is 0 Å². The second-order valence-corrected chi connectivity index (χ2v) is 4.14. The third-order valence-corrected chi connectivity index (χ3v) is 2.75. The molecule has 1 aromatic rings. The van der Waals surface area contributed by atoms with E-state index >= 15 is 0 Å². The van der Waals surface area contributed by atoms with Gasteiger partial charge in [-0.25, -0.2) is 0 Å². The average Bonchev–Trinajstić information content (AvgIpc) is 2.38. The maximum atomic E-state index is 11.3. The smallest absolute Gasteiger partial charge is 0.322 e. The Morgan fingerprint density at radius 2 is 1.89 bits per heavy atom. The molecule has 0 bridgehead atoms. The van der Waals surface area contributed by atoms with Crippen molar-refractivity contribution in [1.29, 1.82) is 0 Å². The first-order chi connectivity index (χ1) is 8.58. The van der Waals surface area contributed by atoms with Gasteiger partial charge in [-0.15, -0.1) is 0 Å². The molecule has 4 heteroatoms. The first-order valence-corrected chi connectivity index (χ1v) is 6.15. The highest BCUT2D eigenvalue weighted by molar-refractivity contribution is 5.75. The molecule has 0 amide bonds. The molecule has 2 atom stereocenters. The van der Waals surface area contributed by atoms with Crippen LogP contribution in [0, 0.1) is 0 Å².